The van der Waals surface area contributed by atoms with Crippen LogP contribution in [-0.2, 0) is 6.42 Å². The Kier molecular flexibility index (Phi) is 7.15. The van der Waals surface area contributed by atoms with Crippen molar-refractivity contribution in [1.82, 2.24) is 15.0 Å². The smallest absolute Gasteiger partial charge is 0.165 e. The lowest BCUT2D eigenvalue weighted by molar-refractivity contribution is 0.577. The Hall–Kier alpha value is -6.63. The molecule has 0 fully saturated rings. The summed E-state index contributed by atoms with van der Waals surface area (Å²) < 4.78 is 14.7. The van der Waals surface area contributed by atoms with Crippen LogP contribution in [0.3, 0.4) is 0 Å². The molecule has 4 aromatic heterocycles. The minimum atomic E-state index is 0.602. The van der Waals surface area contributed by atoms with E-state index in [-0.39, 0.29) is 0 Å². The number of thiophene rings is 1. The van der Waals surface area contributed by atoms with Crippen LogP contribution in [0.2, 0.25) is 0 Å². The zero-order valence-corrected chi connectivity index (χ0v) is 28.7. The molecule has 246 valence electrons. The van der Waals surface area contributed by atoms with E-state index in [0.717, 1.165) is 60.4 Å². The van der Waals surface area contributed by atoms with Crippen LogP contribution in [0, 0.1) is 0 Å². The highest BCUT2D eigenvalue weighted by Gasteiger charge is 2.21. The number of allylic oxidation sites excluding steroid dienone is 2. The van der Waals surface area contributed by atoms with Crippen LogP contribution in [0.1, 0.15) is 5.56 Å². The zero-order chi connectivity index (χ0) is 34.6. The first-order valence-corrected chi connectivity index (χ1v) is 18.0. The van der Waals surface area contributed by atoms with Gasteiger partial charge in [-0.15, -0.1) is 11.3 Å². The van der Waals surface area contributed by atoms with Crippen molar-refractivity contribution in [3.05, 3.63) is 162 Å². The van der Waals surface area contributed by atoms with Gasteiger partial charge in [0.25, 0.3) is 0 Å². The molecule has 6 heteroatoms. The number of hydrogen-bond acceptors (Lipinski definition) is 6. The normalized spacial score (nSPS) is 12.4. The van der Waals surface area contributed by atoms with Crippen LogP contribution < -0.4 is 10.6 Å². The Morgan fingerprint density at radius 2 is 1.23 bits per heavy atom. The molecule has 0 atom stereocenters. The second-order valence-electron chi connectivity index (χ2n) is 12.8. The fourth-order valence-corrected chi connectivity index (χ4v) is 8.29. The van der Waals surface area contributed by atoms with E-state index in [9.17, 15) is 0 Å². The molecule has 0 N–H and O–H groups in total. The molecule has 5 nitrogen and oxygen atoms in total. The molecular weight excluding hydrogens is 659 g/mol. The summed E-state index contributed by atoms with van der Waals surface area (Å²) in [5.41, 5.74) is 6.97. The van der Waals surface area contributed by atoms with E-state index in [0.29, 0.717) is 29.3 Å². The molecule has 0 aliphatic rings. The monoisotopic (exact) mass is 687 g/mol. The van der Waals surface area contributed by atoms with E-state index in [1.54, 1.807) is 11.3 Å². The fraction of sp³-hybridized carbons (Fsp3) is 0.0217. The molecule has 10 aromatic rings. The summed E-state index contributed by atoms with van der Waals surface area (Å²) in [6.07, 6.45) is 6.93. The molecule has 10 rings (SSSR count). The van der Waals surface area contributed by atoms with Gasteiger partial charge in [-0.05, 0) is 42.3 Å². The van der Waals surface area contributed by atoms with Gasteiger partial charge in [-0.3, -0.25) is 0 Å². The predicted octanol–water partition coefficient (Wildman–Crippen LogP) is 10.9. The summed E-state index contributed by atoms with van der Waals surface area (Å²) >= 11 is 1.79. The van der Waals surface area contributed by atoms with Gasteiger partial charge in [0.2, 0.25) is 0 Å². The van der Waals surface area contributed by atoms with E-state index in [1.807, 2.05) is 66.7 Å². The van der Waals surface area contributed by atoms with Crippen molar-refractivity contribution in [3.8, 4) is 34.2 Å². The van der Waals surface area contributed by atoms with Gasteiger partial charge >= 0.3 is 0 Å². The minimum Gasteiger partial charge on any atom is -0.457 e. The molecule has 0 radical (unpaired) electrons. The maximum atomic E-state index is 6.39. The number of hydrogen-bond donors (Lipinski definition) is 0. The van der Waals surface area contributed by atoms with E-state index in [1.165, 1.54) is 20.2 Å². The summed E-state index contributed by atoms with van der Waals surface area (Å²) in [6.45, 7) is 4.14. The van der Waals surface area contributed by atoms with Crippen LogP contribution in [0.15, 0.2) is 154 Å². The highest BCUT2D eigenvalue weighted by molar-refractivity contribution is 7.25. The van der Waals surface area contributed by atoms with Crippen molar-refractivity contribution < 1.29 is 8.83 Å². The first-order chi connectivity index (χ1) is 25.7. The summed E-state index contributed by atoms with van der Waals surface area (Å²) in [7, 11) is 0. The predicted molar refractivity (Wildman–Crippen MR) is 215 cm³/mol. The molecular formula is C46H29N3O2S. The van der Waals surface area contributed by atoms with E-state index >= 15 is 0 Å². The molecule has 4 heterocycles. The Morgan fingerprint density at radius 3 is 2.08 bits per heavy atom. The van der Waals surface area contributed by atoms with Crippen LogP contribution in [0.4, 0.5) is 0 Å². The van der Waals surface area contributed by atoms with Gasteiger partial charge in [0, 0.05) is 58.2 Å². The topological polar surface area (TPSA) is 65.0 Å². The van der Waals surface area contributed by atoms with E-state index < -0.39 is 0 Å². The molecule has 52 heavy (non-hydrogen) atoms. The third-order valence-corrected chi connectivity index (χ3v) is 10.7. The van der Waals surface area contributed by atoms with Crippen molar-refractivity contribution in [2.24, 2.45) is 0 Å². The molecule has 0 amide bonds. The standard InChI is InChI=1S/C46H29N3O2S/c1-28-32(33-17-7-10-20-37(33)50-28)16-6-5-13-29-24-26-39-43(36-19-8-11-21-38(36)51-39)42(29)46-48-44(30-14-3-2-4-15-30)47-45(49-46)31-23-25-35-34-18-9-12-22-40(34)52-41(35)27-31/h2-12,14-27H,1,13H2/b6-5-,32-16+. The largest absolute Gasteiger partial charge is 0.457 e. The Balaban J connectivity index is 1.17. The first-order valence-electron chi connectivity index (χ1n) is 17.2. The van der Waals surface area contributed by atoms with Crippen molar-refractivity contribution >= 4 is 77.1 Å². The van der Waals surface area contributed by atoms with Gasteiger partial charge in [0.15, 0.2) is 17.5 Å². The van der Waals surface area contributed by atoms with Gasteiger partial charge in [-0.2, -0.15) is 0 Å². The van der Waals surface area contributed by atoms with Gasteiger partial charge < -0.3 is 8.83 Å². The van der Waals surface area contributed by atoms with Gasteiger partial charge in [0.05, 0.1) is 0 Å². The van der Waals surface area contributed by atoms with Crippen molar-refractivity contribution in [3.63, 3.8) is 0 Å². The second kappa shape index (κ2) is 12.3. The summed E-state index contributed by atoms with van der Waals surface area (Å²) in [5.74, 6) is 1.84. The Bertz CT molecular complexity index is 3130. The Morgan fingerprint density at radius 1 is 0.558 bits per heavy atom. The van der Waals surface area contributed by atoms with Crippen molar-refractivity contribution in [1.29, 1.82) is 0 Å². The van der Waals surface area contributed by atoms with Gasteiger partial charge in [-0.25, -0.2) is 15.0 Å². The average molecular weight is 688 g/mol. The lowest BCUT2D eigenvalue weighted by Crippen LogP contribution is -2.17. The molecule has 0 bridgehead atoms. The molecule has 0 aliphatic carbocycles. The highest BCUT2D eigenvalue weighted by Crippen LogP contribution is 2.40. The second-order valence-corrected chi connectivity index (χ2v) is 13.9. The summed E-state index contributed by atoms with van der Waals surface area (Å²) in [5, 5.41) is 6.53. The van der Waals surface area contributed by atoms with Gasteiger partial charge in [-0.1, -0.05) is 128 Å². The summed E-state index contributed by atoms with van der Waals surface area (Å²) in [6, 6.07) is 45.5. The van der Waals surface area contributed by atoms with Crippen LogP contribution in [-0.4, -0.2) is 15.0 Å². The molecule has 0 saturated heterocycles. The van der Waals surface area contributed by atoms with Crippen molar-refractivity contribution in [2.45, 2.75) is 6.42 Å². The average Bonchev–Trinajstić information content (AvgIpc) is 3.86. The molecule has 0 spiro atoms. The SMILES string of the molecule is C=c1oc2ccccc2/c1=C/C=C\Cc1ccc2oc3ccccc3c2c1-c1nc(-c2ccccc2)nc(-c2ccc3c(c2)sc2ccccc23)n1. The quantitative estimate of drug-likeness (QED) is 0.174. The van der Waals surface area contributed by atoms with E-state index in [2.05, 4.69) is 91.5 Å². The van der Waals surface area contributed by atoms with Gasteiger partial charge in [0.1, 0.15) is 22.2 Å². The van der Waals surface area contributed by atoms with E-state index in [4.69, 9.17) is 23.8 Å². The number of fused-ring (bicyclic) bond motifs is 7. The molecule has 0 aliphatic heterocycles. The number of para-hydroxylation sites is 2. The maximum Gasteiger partial charge on any atom is 0.165 e. The van der Waals surface area contributed by atoms with Crippen LogP contribution in [0.25, 0.3) is 99.9 Å². The third kappa shape index (κ3) is 5.12. The molecule has 6 aromatic carbocycles. The minimum absolute atomic E-state index is 0.602. The maximum absolute atomic E-state index is 6.39. The summed E-state index contributed by atoms with van der Waals surface area (Å²) in [4.78, 5) is 15.5. The molecule has 0 unspecified atom stereocenters. The zero-order valence-electron chi connectivity index (χ0n) is 27.9. The van der Waals surface area contributed by atoms with Crippen LogP contribution >= 0.6 is 11.3 Å². The number of rotatable bonds is 6. The number of aromatic nitrogens is 3. The number of benzene rings is 6. The molecule has 0 saturated carbocycles. The first kappa shape index (κ1) is 30.2. The highest BCUT2D eigenvalue weighted by atomic mass is 32.1. The Labute approximate surface area is 302 Å². The number of furan rings is 2. The van der Waals surface area contributed by atoms with Crippen molar-refractivity contribution in [2.75, 3.05) is 0 Å². The number of nitrogens with zero attached hydrogens (tertiary/aromatic N) is 3. The lowest BCUT2D eigenvalue weighted by Gasteiger charge is -2.12. The fourth-order valence-electron chi connectivity index (χ4n) is 7.14. The lowest BCUT2D eigenvalue weighted by atomic mass is 9.97. The third-order valence-electron chi connectivity index (χ3n) is 9.61. The van der Waals surface area contributed by atoms with Crippen LogP contribution in [0.5, 0.6) is 0 Å².